The number of nitrogens with zero attached hydrogens (tertiary/aromatic N) is 4. The Kier molecular flexibility index (Phi) is 5.57. The minimum Gasteiger partial charge on any atom is -0.369 e. The molecule has 1 aromatic heterocycles. The van der Waals surface area contributed by atoms with Crippen molar-refractivity contribution in [2.45, 2.75) is 38.9 Å². The Morgan fingerprint density at radius 2 is 1.91 bits per heavy atom. The number of anilines is 1. The van der Waals surface area contributed by atoms with Crippen molar-refractivity contribution in [3.05, 3.63) is 58.7 Å². The molecule has 8 nitrogen and oxygen atoms in total. The zero-order valence-electron chi connectivity index (χ0n) is 18.5. The van der Waals surface area contributed by atoms with Crippen LogP contribution in [-0.4, -0.2) is 64.7 Å². The van der Waals surface area contributed by atoms with Gasteiger partial charge in [0.2, 0.25) is 11.8 Å². The summed E-state index contributed by atoms with van der Waals surface area (Å²) in [6, 6.07) is 6.09. The van der Waals surface area contributed by atoms with E-state index in [0.29, 0.717) is 24.3 Å². The van der Waals surface area contributed by atoms with Gasteiger partial charge in [0.15, 0.2) is 0 Å². The smallest absolute Gasteiger partial charge is 0.255 e. The zero-order chi connectivity index (χ0) is 23.1. The second kappa shape index (κ2) is 8.55. The number of aryl methyl sites for hydroxylation is 1. The van der Waals surface area contributed by atoms with E-state index in [0.717, 1.165) is 30.9 Å². The number of imide groups is 1. The van der Waals surface area contributed by atoms with Gasteiger partial charge in [0.25, 0.3) is 5.91 Å². The predicted molar refractivity (Wildman–Crippen MR) is 119 cm³/mol. The number of aromatic nitrogens is 1. The Hall–Kier alpha value is -3.33. The highest BCUT2D eigenvalue weighted by Gasteiger charge is 2.41. The largest absolute Gasteiger partial charge is 0.369 e. The number of pyridine rings is 1. The maximum absolute atomic E-state index is 14.5. The van der Waals surface area contributed by atoms with E-state index < -0.39 is 17.8 Å². The van der Waals surface area contributed by atoms with Gasteiger partial charge in [0, 0.05) is 68.7 Å². The fourth-order valence-corrected chi connectivity index (χ4v) is 4.95. The second-order valence-corrected chi connectivity index (χ2v) is 8.94. The minimum atomic E-state index is -0.711. The van der Waals surface area contributed by atoms with Gasteiger partial charge < -0.3 is 9.80 Å². The van der Waals surface area contributed by atoms with Crippen LogP contribution < -0.4 is 10.2 Å². The number of hydrogen-bond donors (Lipinski definition) is 1. The molecule has 3 amide bonds. The Morgan fingerprint density at radius 1 is 1.12 bits per heavy atom. The van der Waals surface area contributed by atoms with Gasteiger partial charge in [0.05, 0.1) is 5.69 Å². The summed E-state index contributed by atoms with van der Waals surface area (Å²) in [6.45, 7) is 6.05. The van der Waals surface area contributed by atoms with Gasteiger partial charge in [-0.2, -0.15) is 0 Å². The van der Waals surface area contributed by atoms with Gasteiger partial charge in [-0.05, 0) is 43.2 Å². The normalized spacial score (nSPS) is 21.4. The summed E-state index contributed by atoms with van der Waals surface area (Å²) < 4.78 is 14.5. The standard InChI is InChI=1S/C24H26FN5O3/c1-15-4-5-26-17(10-15)13-28-6-8-29(9-7-28)21-12-16(25)11-18-19(21)14-30(24(18)33)20-2-3-22(31)27-23(20)32/h4-5,10-12,20H,2-3,6-9,13-14H2,1H3,(H,27,31,32). The predicted octanol–water partition coefficient (Wildman–Crippen LogP) is 1.61. The molecule has 0 aliphatic carbocycles. The van der Waals surface area contributed by atoms with E-state index in [1.807, 2.05) is 19.2 Å². The molecule has 0 saturated carbocycles. The van der Waals surface area contributed by atoms with Crippen molar-refractivity contribution < 1.29 is 18.8 Å². The lowest BCUT2D eigenvalue weighted by molar-refractivity contribution is -0.136. The topological polar surface area (TPSA) is 85.8 Å². The van der Waals surface area contributed by atoms with Crippen LogP contribution in [0, 0.1) is 12.7 Å². The van der Waals surface area contributed by atoms with Crippen molar-refractivity contribution in [1.29, 1.82) is 0 Å². The molecule has 3 aliphatic rings. The van der Waals surface area contributed by atoms with E-state index in [1.165, 1.54) is 22.6 Å². The van der Waals surface area contributed by atoms with Gasteiger partial charge in [-0.15, -0.1) is 0 Å². The Balaban J connectivity index is 1.31. The highest BCUT2D eigenvalue weighted by Crippen LogP contribution is 2.35. The third kappa shape index (κ3) is 4.20. The molecule has 2 aromatic rings. The molecule has 1 unspecified atom stereocenters. The lowest BCUT2D eigenvalue weighted by Crippen LogP contribution is -2.52. The Morgan fingerprint density at radius 3 is 2.64 bits per heavy atom. The molecule has 3 aliphatic heterocycles. The van der Waals surface area contributed by atoms with Crippen LogP contribution in [0.5, 0.6) is 0 Å². The Bertz CT molecular complexity index is 1130. The second-order valence-electron chi connectivity index (χ2n) is 8.94. The SMILES string of the molecule is Cc1ccnc(CN2CCN(c3cc(F)cc4c3CN(C3CCC(=O)NC3=O)C4=O)CC2)c1. The van der Waals surface area contributed by atoms with Crippen LogP contribution in [0.1, 0.15) is 40.0 Å². The van der Waals surface area contributed by atoms with Crippen LogP contribution >= 0.6 is 0 Å². The molecule has 1 atom stereocenters. The van der Waals surface area contributed by atoms with Crippen molar-refractivity contribution in [2.24, 2.45) is 0 Å². The number of carbonyl (C=O) groups excluding carboxylic acids is 3. The van der Waals surface area contributed by atoms with Gasteiger partial charge in [0.1, 0.15) is 11.9 Å². The van der Waals surface area contributed by atoms with E-state index in [1.54, 1.807) is 0 Å². The van der Waals surface area contributed by atoms with E-state index in [2.05, 4.69) is 26.2 Å². The molecule has 1 aromatic carbocycles. The van der Waals surface area contributed by atoms with Crippen LogP contribution in [0.25, 0.3) is 0 Å². The van der Waals surface area contributed by atoms with Crippen molar-refractivity contribution in [1.82, 2.24) is 20.1 Å². The number of carbonyl (C=O) groups is 3. The zero-order valence-corrected chi connectivity index (χ0v) is 18.5. The summed E-state index contributed by atoms with van der Waals surface area (Å²) in [5, 5.41) is 2.30. The Labute approximate surface area is 191 Å². The summed E-state index contributed by atoms with van der Waals surface area (Å²) >= 11 is 0. The van der Waals surface area contributed by atoms with Crippen molar-refractivity contribution in [3.8, 4) is 0 Å². The number of rotatable bonds is 4. The first-order valence-corrected chi connectivity index (χ1v) is 11.2. The summed E-state index contributed by atoms with van der Waals surface area (Å²) in [5.41, 5.74) is 3.97. The summed E-state index contributed by atoms with van der Waals surface area (Å²) in [5.74, 6) is -1.61. The molecule has 0 radical (unpaired) electrons. The van der Waals surface area contributed by atoms with E-state index >= 15 is 0 Å². The average Bonchev–Trinajstić information content (AvgIpc) is 3.10. The molecule has 33 heavy (non-hydrogen) atoms. The van der Waals surface area contributed by atoms with Crippen LogP contribution in [-0.2, 0) is 22.7 Å². The van der Waals surface area contributed by atoms with E-state index in [4.69, 9.17) is 0 Å². The first kappa shape index (κ1) is 21.5. The minimum absolute atomic E-state index is 0.190. The van der Waals surface area contributed by atoms with Crippen LogP contribution in [0.15, 0.2) is 30.5 Å². The average molecular weight is 452 g/mol. The molecular weight excluding hydrogens is 425 g/mol. The molecule has 2 fully saturated rings. The summed E-state index contributed by atoms with van der Waals surface area (Å²) in [4.78, 5) is 47.2. The number of hydrogen-bond acceptors (Lipinski definition) is 6. The highest BCUT2D eigenvalue weighted by molar-refractivity contribution is 6.06. The number of fused-ring (bicyclic) bond motifs is 1. The molecule has 172 valence electrons. The monoisotopic (exact) mass is 451 g/mol. The number of halogens is 1. The van der Waals surface area contributed by atoms with Crippen molar-refractivity contribution in [3.63, 3.8) is 0 Å². The van der Waals surface area contributed by atoms with Crippen LogP contribution in [0.3, 0.4) is 0 Å². The van der Waals surface area contributed by atoms with Crippen molar-refractivity contribution in [2.75, 3.05) is 31.1 Å². The maximum atomic E-state index is 14.5. The summed E-state index contributed by atoms with van der Waals surface area (Å²) in [6.07, 6.45) is 2.30. The molecular formula is C24H26FN5O3. The van der Waals surface area contributed by atoms with Gasteiger partial charge in [-0.25, -0.2) is 4.39 Å². The lowest BCUT2D eigenvalue weighted by Gasteiger charge is -2.37. The third-order valence-corrected chi connectivity index (χ3v) is 6.67. The maximum Gasteiger partial charge on any atom is 0.255 e. The molecule has 0 bridgehead atoms. The first-order valence-electron chi connectivity index (χ1n) is 11.2. The van der Waals surface area contributed by atoms with Crippen LogP contribution in [0.4, 0.5) is 10.1 Å². The molecule has 2 saturated heterocycles. The first-order chi connectivity index (χ1) is 15.9. The number of piperidine rings is 1. The van der Waals surface area contributed by atoms with Crippen LogP contribution in [0.2, 0.25) is 0 Å². The molecule has 0 spiro atoms. The van der Waals surface area contributed by atoms with Crippen molar-refractivity contribution >= 4 is 23.4 Å². The number of benzene rings is 1. The fraction of sp³-hybridized carbons (Fsp3) is 0.417. The third-order valence-electron chi connectivity index (χ3n) is 6.67. The fourth-order valence-electron chi connectivity index (χ4n) is 4.95. The van der Waals surface area contributed by atoms with E-state index in [-0.39, 0.29) is 31.2 Å². The van der Waals surface area contributed by atoms with Gasteiger partial charge in [-0.1, -0.05) is 0 Å². The highest BCUT2D eigenvalue weighted by atomic mass is 19.1. The molecule has 5 rings (SSSR count). The van der Waals surface area contributed by atoms with Gasteiger partial charge in [-0.3, -0.25) is 29.6 Å². The number of nitrogens with one attached hydrogen (secondary N) is 1. The number of piperazine rings is 1. The quantitative estimate of drug-likeness (QED) is 0.711. The lowest BCUT2D eigenvalue weighted by atomic mass is 10.0. The molecule has 4 heterocycles. The van der Waals surface area contributed by atoms with E-state index in [9.17, 15) is 18.8 Å². The summed E-state index contributed by atoms with van der Waals surface area (Å²) in [7, 11) is 0. The van der Waals surface area contributed by atoms with Gasteiger partial charge >= 0.3 is 0 Å². The molecule has 9 heteroatoms. The number of amides is 3. The molecule has 1 N–H and O–H groups in total.